The highest BCUT2D eigenvalue weighted by Crippen LogP contribution is 2.25. The first-order valence-corrected chi connectivity index (χ1v) is 8.25. The van der Waals surface area contributed by atoms with Gasteiger partial charge in [0.1, 0.15) is 5.65 Å². The molecule has 4 heterocycles. The van der Waals surface area contributed by atoms with Gasteiger partial charge in [0.25, 0.3) is 5.91 Å². The van der Waals surface area contributed by atoms with Crippen molar-refractivity contribution in [1.29, 1.82) is 0 Å². The summed E-state index contributed by atoms with van der Waals surface area (Å²) in [5.41, 5.74) is 6.51. The number of anilines is 1. The summed E-state index contributed by atoms with van der Waals surface area (Å²) in [5, 5.41) is 10.6. The SMILES string of the molecule is Cc1cncc(-c2cc3cc(NC(=O)c4n[nH]c(C)c4C)cnc3[nH]2)c1. The van der Waals surface area contributed by atoms with Crippen molar-refractivity contribution in [3.63, 3.8) is 0 Å². The molecule has 0 fully saturated rings. The van der Waals surface area contributed by atoms with E-state index in [1.54, 1.807) is 6.20 Å². The predicted octanol–water partition coefficient (Wildman–Crippen LogP) is 3.53. The molecule has 3 N–H and O–H groups in total. The molecule has 4 rings (SSSR count). The van der Waals surface area contributed by atoms with E-state index < -0.39 is 0 Å². The lowest BCUT2D eigenvalue weighted by Crippen LogP contribution is -2.13. The molecule has 0 atom stereocenters. The minimum Gasteiger partial charge on any atom is -0.339 e. The first kappa shape index (κ1) is 16.0. The number of carbonyl (C=O) groups is 1. The first-order valence-electron chi connectivity index (χ1n) is 8.25. The molecule has 0 bridgehead atoms. The molecule has 0 saturated heterocycles. The number of hydrogen-bond acceptors (Lipinski definition) is 4. The standard InChI is InChI=1S/C19H18N6O/c1-10-4-14(8-20-7-10)16-6-13-5-15(9-21-18(13)23-16)22-19(26)17-11(2)12(3)24-25-17/h4-9H,1-3H3,(H,21,23)(H,22,26)(H,24,25). The van der Waals surface area contributed by atoms with E-state index in [0.717, 1.165) is 39.1 Å². The van der Waals surface area contributed by atoms with E-state index in [1.807, 2.05) is 45.3 Å². The lowest BCUT2D eigenvalue weighted by atomic mass is 10.1. The van der Waals surface area contributed by atoms with E-state index in [9.17, 15) is 4.79 Å². The number of aryl methyl sites for hydroxylation is 2. The largest absolute Gasteiger partial charge is 0.339 e. The highest BCUT2D eigenvalue weighted by molar-refractivity contribution is 6.04. The molecule has 0 spiro atoms. The molecule has 4 aromatic rings. The average Bonchev–Trinajstić information content (AvgIpc) is 3.18. The number of pyridine rings is 2. The molecule has 26 heavy (non-hydrogen) atoms. The van der Waals surface area contributed by atoms with Crippen LogP contribution in [0.2, 0.25) is 0 Å². The van der Waals surface area contributed by atoms with Gasteiger partial charge in [-0.1, -0.05) is 0 Å². The fourth-order valence-corrected chi connectivity index (χ4v) is 2.84. The van der Waals surface area contributed by atoms with Crippen LogP contribution in [0.1, 0.15) is 27.3 Å². The highest BCUT2D eigenvalue weighted by Gasteiger charge is 2.15. The molecule has 0 radical (unpaired) electrons. The number of H-pyrrole nitrogens is 2. The number of nitrogens with one attached hydrogen (secondary N) is 3. The van der Waals surface area contributed by atoms with E-state index in [1.165, 1.54) is 0 Å². The predicted molar refractivity (Wildman–Crippen MR) is 100 cm³/mol. The van der Waals surface area contributed by atoms with Gasteiger partial charge in [-0.25, -0.2) is 4.98 Å². The Morgan fingerprint density at radius 1 is 1.08 bits per heavy atom. The number of nitrogens with zero attached hydrogens (tertiary/aromatic N) is 3. The summed E-state index contributed by atoms with van der Waals surface area (Å²) >= 11 is 0. The molecular formula is C19H18N6O. The van der Waals surface area contributed by atoms with Crippen molar-refractivity contribution in [2.45, 2.75) is 20.8 Å². The van der Waals surface area contributed by atoms with E-state index in [0.29, 0.717) is 11.4 Å². The smallest absolute Gasteiger partial charge is 0.276 e. The molecule has 0 saturated carbocycles. The summed E-state index contributed by atoms with van der Waals surface area (Å²) in [6.07, 6.45) is 5.25. The van der Waals surface area contributed by atoms with Crippen molar-refractivity contribution in [3.05, 3.63) is 59.3 Å². The second kappa shape index (κ2) is 6.11. The van der Waals surface area contributed by atoms with Crippen LogP contribution in [0.25, 0.3) is 22.3 Å². The van der Waals surface area contributed by atoms with Crippen LogP contribution in [0.5, 0.6) is 0 Å². The molecule has 1 amide bonds. The van der Waals surface area contributed by atoms with Crippen molar-refractivity contribution in [1.82, 2.24) is 25.1 Å². The van der Waals surface area contributed by atoms with Crippen molar-refractivity contribution in [2.24, 2.45) is 0 Å². The molecule has 7 heteroatoms. The van der Waals surface area contributed by atoms with Crippen LogP contribution in [0.15, 0.2) is 36.8 Å². The Morgan fingerprint density at radius 3 is 2.65 bits per heavy atom. The monoisotopic (exact) mass is 346 g/mol. The second-order valence-corrected chi connectivity index (χ2v) is 6.37. The van der Waals surface area contributed by atoms with Crippen molar-refractivity contribution >= 4 is 22.6 Å². The second-order valence-electron chi connectivity index (χ2n) is 6.37. The summed E-state index contributed by atoms with van der Waals surface area (Å²) in [6.45, 7) is 5.75. The fraction of sp³-hybridized carbons (Fsp3) is 0.158. The van der Waals surface area contributed by atoms with Crippen LogP contribution < -0.4 is 5.32 Å². The summed E-state index contributed by atoms with van der Waals surface area (Å²) in [6, 6.07) is 5.94. The average molecular weight is 346 g/mol. The Labute approximate surface area is 149 Å². The zero-order valence-electron chi connectivity index (χ0n) is 14.7. The van der Waals surface area contributed by atoms with Gasteiger partial charge in [-0.3, -0.25) is 14.9 Å². The summed E-state index contributed by atoms with van der Waals surface area (Å²) in [4.78, 5) is 24.3. The number of aromatic nitrogens is 5. The van der Waals surface area contributed by atoms with E-state index in [-0.39, 0.29) is 5.91 Å². The summed E-state index contributed by atoms with van der Waals surface area (Å²) < 4.78 is 0. The maximum atomic E-state index is 12.4. The van der Waals surface area contributed by atoms with Crippen LogP contribution >= 0.6 is 0 Å². The molecule has 130 valence electrons. The number of hydrogen-bond donors (Lipinski definition) is 3. The topological polar surface area (TPSA) is 99.3 Å². The van der Waals surface area contributed by atoms with Gasteiger partial charge >= 0.3 is 0 Å². The van der Waals surface area contributed by atoms with Gasteiger partial charge in [0.15, 0.2) is 5.69 Å². The van der Waals surface area contributed by atoms with Gasteiger partial charge in [-0.05, 0) is 44.5 Å². The van der Waals surface area contributed by atoms with Crippen LogP contribution in [0.3, 0.4) is 0 Å². The van der Waals surface area contributed by atoms with E-state index >= 15 is 0 Å². The van der Waals surface area contributed by atoms with Gasteiger partial charge in [0.05, 0.1) is 11.9 Å². The minimum absolute atomic E-state index is 0.258. The maximum absolute atomic E-state index is 12.4. The van der Waals surface area contributed by atoms with Crippen molar-refractivity contribution in [3.8, 4) is 11.3 Å². The van der Waals surface area contributed by atoms with E-state index in [4.69, 9.17) is 0 Å². The molecular weight excluding hydrogens is 328 g/mol. The third-order valence-corrected chi connectivity index (χ3v) is 4.38. The highest BCUT2D eigenvalue weighted by atomic mass is 16.1. The Bertz CT molecular complexity index is 1120. The van der Waals surface area contributed by atoms with Gasteiger partial charge < -0.3 is 10.3 Å². The summed E-state index contributed by atoms with van der Waals surface area (Å²) in [7, 11) is 0. The van der Waals surface area contributed by atoms with Crippen molar-refractivity contribution < 1.29 is 4.79 Å². The van der Waals surface area contributed by atoms with Gasteiger partial charge in [-0.2, -0.15) is 5.10 Å². The van der Waals surface area contributed by atoms with Crippen LogP contribution in [0, 0.1) is 20.8 Å². The molecule has 4 aromatic heterocycles. The minimum atomic E-state index is -0.258. The van der Waals surface area contributed by atoms with E-state index in [2.05, 4.69) is 36.5 Å². The fourth-order valence-electron chi connectivity index (χ4n) is 2.84. The molecule has 0 unspecified atom stereocenters. The van der Waals surface area contributed by atoms with Gasteiger partial charge in [0.2, 0.25) is 0 Å². The molecule has 0 aliphatic rings. The number of rotatable bonds is 3. The zero-order chi connectivity index (χ0) is 18.3. The number of aromatic amines is 2. The van der Waals surface area contributed by atoms with Crippen LogP contribution in [-0.2, 0) is 0 Å². The number of amides is 1. The number of carbonyl (C=O) groups excluding carboxylic acids is 1. The lowest BCUT2D eigenvalue weighted by Gasteiger charge is -2.03. The quantitative estimate of drug-likeness (QED) is 0.528. The third-order valence-electron chi connectivity index (χ3n) is 4.38. The van der Waals surface area contributed by atoms with Gasteiger partial charge in [0, 0.05) is 40.3 Å². The molecule has 0 aliphatic carbocycles. The van der Waals surface area contributed by atoms with Crippen molar-refractivity contribution in [2.75, 3.05) is 5.32 Å². The molecule has 0 aromatic carbocycles. The normalized spacial score (nSPS) is 11.0. The Balaban J connectivity index is 1.63. The summed E-state index contributed by atoms with van der Waals surface area (Å²) in [5.74, 6) is -0.258. The Hall–Kier alpha value is -3.48. The third kappa shape index (κ3) is 2.83. The Morgan fingerprint density at radius 2 is 1.92 bits per heavy atom. The first-order chi connectivity index (χ1) is 12.5. The number of fused-ring (bicyclic) bond motifs is 1. The van der Waals surface area contributed by atoms with Gasteiger partial charge in [-0.15, -0.1) is 0 Å². The molecule has 0 aliphatic heterocycles. The lowest BCUT2D eigenvalue weighted by molar-refractivity contribution is 0.102. The maximum Gasteiger partial charge on any atom is 0.276 e. The van der Waals surface area contributed by atoms with Crippen LogP contribution in [-0.4, -0.2) is 31.1 Å². The Kier molecular flexibility index (Phi) is 3.76. The van der Waals surface area contributed by atoms with Crippen LogP contribution in [0.4, 0.5) is 5.69 Å². The zero-order valence-corrected chi connectivity index (χ0v) is 14.7. The molecule has 7 nitrogen and oxygen atoms in total.